The number of nitrogens with zero attached hydrogens (tertiary/aromatic N) is 2. The molecule has 2 saturated heterocycles. The van der Waals surface area contributed by atoms with Gasteiger partial charge < -0.3 is 19.3 Å². The molecule has 0 radical (unpaired) electrons. The lowest BCUT2D eigenvalue weighted by Crippen LogP contribution is -2.58. The van der Waals surface area contributed by atoms with Crippen molar-refractivity contribution in [2.24, 2.45) is 0 Å². The molecule has 0 aromatic heterocycles. The van der Waals surface area contributed by atoms with Crippen molar-refractivity contribution in [3.63, 3.8) is 0 Å². The van der Waals surface area contributed by atoms with Gasteiger partial charge in [-0.1, -0.05) is 18.2 Å². The molecule has 0 spiro atoms. The van der Waals surface area contributed by atoms with Crippen molar-refractivity contribution in [2.45, 2.75) is 51.2 Å². The Balaban J connectivity index is 0.00000280. The molecular weight excluding hydrogens is 496 g/mol. The average molecular weight is 529 g/mol. The van der Waals surface area contributed by atoms with Crippen LogP contribution in [0, 0.1) is 6.92 Å². The molecule has 2 fully saturated rings. The number of esters is 2. The highest BCUT2D eigenvalue weighted by Crippen LogP contribution is 2.34. The summed E-state index contributed by atoms with van der Waals surface area (Å²) in [5.74, 6) is -0.525. The number of benzene rings is 2. The van der Waals surface area contributed by atoms with Gasteiger partial charge in [0.15, 0.2) is 0 Å². The van der Waals surface area contributed by atoms with Crippen LogP contribution in [0.2, 0.25) is 0 Å². The quantitative estimate of drug-likeness (QED) is 0.606. The molecule has 0 aliphatic carbocycles. The number of aliphatic hydroxyl groups excluding tert-OH is 1. The number of piperazine rings is 1. The Morgan fingerprint density at radius 1 is 1.08 bits per heavy atom. The van der Waals surface area contributed by atoms with Crippen molar-refractivity contribution in [1.82, 2.24) is 9.80 Å². The Morgan fingerprint density at radius 2 is 1.89 bits per heavy atom. The third-order valence-corrected chi connectivity index (χ3v) is 8.11. The van der Waals surface area contributed by atoms with Gasteiger partial charge in [0.25, 0.3) is 0 Å². The number of fused-ring (bicyclic) bond motifs is 3. The maximum Gasteiger partial charge on any atom is 0.338 e. The van der Waals surface area contributed by atoms with Gasteiger partial charge in [-0.3, -0.25) is 9.80 Å². The summed E-state index contributed by atoms with van der Waals surface area (Å²) in [6.45, 7) is 8.90. The molecular formula is C28H33ClN2O6. The SMILES string of the molecule is Cc1c([C@@H]2CN3CCN(CC(O)c4ccc5c(c4)C[C@@H](C)OC5=O)C[C@H]3CO2)ccc2c1COC2=O.Cl. The summed E-state index contributed by atoms with van der Waals surface area (Å²) in [5, 5.41) is 11.0. The average Bonchev–Trinajstić information content (AvgIpc) is 3.25. The van der Waals surface area contributed by atoms with Gasteiger partial charge in [0, 0.05) is 50.7 Å². The minimum Gasteiger partial charge on any atom is -0.459 e. The Morgan fingerprint density at radius 3 is 2.73 bits per heavy atom. The zero-order chi connectivity index (χ0) is 25.0. The molecule has 0 bridgehead atoms. The van der Waals surface area contributed by atoms with Crippen LogP contribution in [0.1, 0.15) is 67.7 Å². The Bertz CT molecular complexity index is 1220. The summed E-state index contributed by atoms with van der Waals surface area (Å²) in [7, 11) is 0. The van der Waals surface area contributed by atoms with E-state index in [4.69, 9.17) is 14.2 Å². The normalized spacial score (nSPS) is 26.3. The molecule has 2 aromatic rings. The van der Waals surface area contributed by atoms with E-state index in [0.29, 0.717) is 37.3 Å². The largest absolute Gasteiger partial charge is 0.459 e. The third kappa shape index (κ3) is 4.89. The standard InChI is InChI=1S/C28H32N2O6.ClH/c1-16-9-19-10-18(3-4-22(19)28(33)36-16)25(31)12-29-7-8-30-13-26(34-14-20(30)11-29)21-5-6-23-24(17(21)2)15-35-27(23)32;/h3-6,10,16,20,25-26,31H,7-9,11-15H2,1-2H3;1H/t16-,20+,25?,26+;/m1./s1. The van der Waals surface area contributed by atoms with E-state index in [9.17, 15) is 14.7 Å². The number of aliphatic hydroxyl groups is 1. The summed E-state index contributed by atoms with van der Waals surface area (Å²) in [5.41, 5.74) is 6.27. The van der Waals surface area contributed by atoms with Gasteiger partial charge in [-0.25, -0.2) is 9.59 Å². The van der Waals surface area contributed by atoms with E-state index in [1.54, 1.807) is 6.07 Å². The van der Waals surface area contributed by atoms with Crippen LogP contribution in [-0.4, -0.2) is 78.3 Å². The predicted molar refractivity (Wildman–Crippen MR) is 138 cm³/mol. The predicted octanol–water partition coefficient (Wildman–Crippen LogP) is 2.98. The van der Waals surface area contributed by atoms with Crippen molar-refractivity contribution in [3.05, 3.63) is 69.3 Å². The topological polar surface area (TPSA) is 88.5 Å². The van der Waals surface area contributed by atoms with Crippen LogP contribution in [0.4, 0.5) is 0 Å². The van der Waals surface area contributed by atoms with Crippen LogP contribution in [0.15, 0.2) is 30.3 Å². The fourth-order valence-corrected chi connectivity index (χ4v) is 6.06. The Kier molecular flexibility index (Phi) is 7.31. The molecule has 1 unspecified atom stereocenters. The number of morpholine rings is 1. The molecule has 37 heavy (non-hydrogen) atoms. The van der Waals surface area contributed by atoms with E-state index in [2.05, 4.69) is 16.7 Å². The van der Waals surface area contributed by atoms with Gasteiger partial charge in [0.05, 0.1) is 29.9 Å². The van der Waals surface area contributed by atoms with Crippen LogP contribution in [-0.2, 0) is 27.2 Å². The lowest BCUT2D eigenvalue weighted by Gasteiger charge is -2.46. The maximum absolute atomic E-state index is 12.1. The minimum absolute atomic E-state index is 0. The summed E-state index contributed by atoms with van der Waals surface area (Å²) >= 11 is 0. The number of carbonyl (C=O) groups excluding carboxylic acids is 2. The second-order valence-corrected chi connectivity index (χ2v) is 10.5. The van der Waals surface area contributed by atoms with Gasteiger partial charge in [-0.2, -0.15) is 0 Å². The zero-order valence-corrected chi connectivity index (χ0v) is 22.0. The summed E-state index contributed by atoms with van der Waals surface area (Å²) in [6.07, 6.45) is -0.110. The lowest BCUT2D eigenvalue weighted by atomic mass is 9.93. The van der Waals surface area contributed by atoms with Crippen molar-refractivity contribution >= 4 is 24.3 Å². The van der Waals surface area contributed by atoms with Crippen LogP contribution < -0.4 is 0 Å². The molecule has 4 aliphatic heterocycles. The highest BCUT2D eigenvalue weighted by atomic mass is 35.5. The number of halogens is 1. The van der Waals surface area contributed by atoms with Gasteiger partial charge >= 0.3 is 11.9 Å². The Hall–Kier alpha value is -2.49. The third-order valence-electron chi connectivity index (χ3n) is 8.11. The van der Waals surface area contributed by atoms with Crippen molar-refractivity contribution in [1.29, 1.82) is 0 Å². The highest BCUT2D eigenvalue weighted by Gasteiger charge is 2.36. The number of cyclic esters (lactones) is 2. The number of β-amino-alcohol motifs (C(OH)–C–C–N with tert-alkyl or cyclic N) is 1. The van der Waals surface area contributed by atoms with E-state index in [1.807, 2.05) is 31.2 Å². The first-order chi connectivity index (χ1) is 17.4. The zero-order valence-electron chi connectivity index (χ0n) is 21.1. The van der Waals surface area contributed by atoms with E-state index in [1.165, 1.54) is 0 Å². The molecule has 0 amide bonds. The molecule has 8 nitrogen and oxygen atoms in total. The van der Waals surface area contributed by atoms with Crippen molar-refractivity contribution in [2.75, 3.05) is 39.3 Å². The summed E-state index contributed by atoms with van der Waals surface area (Å²) in [4.78, 5) is 28.8. The van der Waals surface area contributed by atoms with E-state index < -0.39 is 6.10 Å². The van der Waals surface area contributed by atoms with Crippen LogP contribution >= 0.6 is 12.4 Å². The molecule has 4 atom stereocenters. The number of hydrogen-bond donors (Lipinski definition) is 1. The van der Waals surface area contributed by atoms with Crippen LogP contribution in [0.25, 0.3) is 0 Å². The van der Waals surface area contributed by atoms with Gasteiger partial charge in [0.2, 0.25) is 0 Å². The second kappa shape index (κ2) is 10.3. The molecule has 0 saturated carbocycles. The fourth-order valence-electron chi connectivity index (χ4n) is 6.06. The summed E-state index contributed by atoms with van der Waals surface area (Å²) in [6, 6.07) is 9.73. The fraction of sp³-hybridized carbons (Fsp3) is 0.500. The molecule has 6 rings (SSSR count). The molecule has 4 aliphatic rings. The minimum atomic E-state index is -0.619. The first-order valence-corrected chi connectivity index (χ1v) is 12.8. The van der Waals surface area contributed by atoms with Gasteiger partial charge in [-0.05, 0) is 48.2 Å². The molecule has 9 heteroatoms. The smallest absolute Gasteiger partial charge is 0.338 e. The van der Waals surface area contributed by atoms with Gasteiger partial charge in [0.1, 0.15) is 12.7 Å². The second-order valence-electron chi connectivity index (χ2n) is 10.5. The first-order valence-electron chi connectivity index (χ1n) is 12.8. The summed E-state index contributed by atoms with van der Waals surface area (Å²) < 4.78 is 16.8. The lowest BCUT2D eigenvalue weighted by molar-refractivity contribution is -0.0939. The maximum atomic E-state index is 12.1. The van der Waals surface area contributed by atoms with Crippen LogP contribution in [0.3, 0.4) is 0 Å². The molecule has 1 N–H and O–H groups in total. The number of hydrogen-bond acceptors (Lipinski definition) is 8. The molecule has 4 heterocycles. The molecule has 2 aromatic carbocycles. The van der Waals surface area contributed by atoms with E-state index >= 15 is 0 Å². The van der Waals surface area contributed by atoms with Gasteiger partial charge in [-0.15, -0.1) is 12.4 Å². The van der Waals surface area contributed by atoms with Crippen LogP contribution in [0.5, 0.6) is 0 Å². The molecule has 198 valence electrons. The highest BCUT2D eigenvalue weighted by molar-refractivity contribution is 5.94. The van der Waals surface area contributed by atoms with Crippen molar-refractivity contribution < 1.29 is 28.9 Å². The number of carbonyl (C=O) groups is 2. The number of rotatable bonds is 4. The van der Waals surface area contributed by atoms with E-state index in [0.717, 1.165) is 54.0 Å². The number of ether oxygens (including phenoxy) is 3. The van der Waals surface area contributed by atoms with Crippen molar-refractivity contribution in [3.8, 4) is 0 Å². The Labute approximate surface area is 222 Å². The van der Waals surface area contributed by atoms with E-state index in [-0.39, 0.29) is 42.6 Å². The first kappa shape index (κ1) is 26.1. The monoisotopic (exact) mass is 528 g/mol.